The van der Waals surface area contributed by atoms with Crippen LogP contribution in [0, 0.1) is 20.8 Å². The van der Waals surface area contributed by atoms with E-state index < -0.39 is 5.91 Å². The lowest BCUT2D eigenvalue weighted by molar-refractivity contribution is 0.102. The average molecular weight is 307 g/mol. The fourth-order valence-corrected chi connectivity index (χ4v) is 2.62. The molecule has 0 fully saturated rings. The van der Waals surface area contributed by atoms with E-state index >= 15 is 0 Å². The Kier molecular flexibility index (Phi) is 3.70. The molecule has 5 heteroatoms. The molecular weight excluding hydrogens is 290 g/mol. The molecule has 0 unspecified atom stereocenters. The van der Waals surface area contributed by atoms with Crippen molar-refractivity contribution in [2.24, 2.45) is 0 Å². The summed E-state index contributed by atoms with van der Waals surface area (Å²) in [5, 5.41) is 3.18. The summed E-state index contributed by atoms with van der Waals surface area (Å²) in [6.07, 6.45) is 1.41. The van der Waals surface area contributed by atoms with E-state index in [0.29, 0.717) is 16.7 Å². The molecule has 0 aliphatic carbocycles. The topological polar surface area (TPSA) is 74.8 Å². The van der Waals surface area contributed by atoms with Gasteiger partial charge in [0, 0.05) is 17.6 Å². The van der Waals surface area contributed by atoms with Gasteiger partial charge in [0.2, 0.25) is 5.43 Å². The van der Waals surface area contributed by atoms with Crippen LogP contribution in [0.3, 0.4) is 0 Å². The SMILES string of the molecule is Cc1cc(C)cc(NC(=O)c2c[nH]c3nc(C)ccc3c2=O)c1. The highest BCUT2D eigenvalue weighted by Crippen LogP contribution is 2.15. The highest BCUT2D eigenvalue weighted by Gasteiger charge is 2.14. The number of H-pyrrole nitrogens is 1. The van der Waals surface area contributed by atoms with E-state index in [2.05, 4.69) is 15.3 Å². The number of rotatable bonds is 2. The fraction of sp³-hybridized carbons (Fsp3) is 0.167. The first kappa shape index (κ1) is 15.0. The van der Waals surface area contributed by atoms with Gasteiger partial charge in [-0.05, 0) is 56.2 Å². The zero-order valence-corrected chi connectivity index (χ0v) is 13.2. The monoisotopic (exact) mass is 307 g/mol. The molecule has 1 aromatic carbocycles. The van der Waals surface area contributed by atoms with E-state index in [1.807, 2.05) is 39.0 Å². The Morgan fingerprint density at radius 2 is 1.78 bits per heavy atom. The lowest BCUT2D eigenvalue weighted by atomic mass is 10.1. The number of benzene rings is 1. The second-order valence-electron chi connectivity index (χ2n) is 5.71. The molecule has 2 heterocycles. The minimum atomic E-state index is -0.432. The lowest BCUT2D eigenvalue weighted by Gasteiger charge is -2.08. The largest absolute Gasteiger partial charge is 0.345 e. The van der Waals surface area contributed by atoms with Crippen LogP contribution >= 0.6 is 0 Å². The summed E-state index contributed by atoms with van der Waals surface area (Å²) in [5.74, 6) is -0.432. The summed E-state index contributed by atoms with van der Waals surface area (Å²) in [6.45, 7) is 5.76. The molecule has 3 rings (SSSR count). The van der Waals surface area contributed by atoms with Crippen molar-refractivity contribution in [3.8, 4) is 0 Å². The number of hydrogen-bond donors (Lipinski definition) is 2. The van der Waals surface area contributed by atoms with Crippen molar-refractivity contribution >= 4 is 22.6 Å². The normalized spacial score (nSPS) is 10.7. The summed E-state index contributed by atoms with van der Waals surface area (Å²) in [6, 6.07) is 9.19. The number of carbonyl (C=O) groups excluding carboxylic acids is 1. The molecule has 0 saturated heterocycles. The number of aryl methyl sites for hydroxylation is 3. The van der Waals surface area contributed by atoms with Crippen LogP contribution in [0.2, 0.25) is 0 Å². The number of fused-ring (bicyclic) bond motifs is 1. The van der Waals surface area contributed by atoms with Crippen LogP contribution in [0.5, 0.6) is 0 Å². The molecule has 2 aromatic heterocycles. The number of amides is 1. The van der Waals surface area contributed by atoms with Gasteiger partial charge >= 0.3 is 0 Å². The van der Waals surface area contributed by atoms with E-state index in [0.717, 1.165) is 16.8 Å². The predicted octanol–water partition coefficient (Wildman–Crippen LogP) is 3.10. The van der Waals surface area contributed by atoms with Crippen LogP contribution in [-0.4, -0.2) is 15.9 Å². The zero-order chi connectivity index (χ0) is 16.6. The van der Waals surface area contributed by atoms with Gasteiger partial charge in [0.25, 0.3) is 5.91 Å². The van der Waals surface area contributed by atoms with Crippen LogP contribution in [0.4, 0.5) is 5.69 Å². The maximum atomic E-state index is 12.5. The van der Waals surface area contributed by atoms with Gasteiger partial charge < -0.3 is 10.3 Å². The number of carbonyl (C=O) groups is 1. The molecule has 1 amide bonds. The molecule has 116 valence electrons. The smallest absolute Gasteiger partial charge is 0.261 e. The summed E-state index contributed by atoms with van der Waals surface area (Å²) >= 11 is 0. The third-order valence-corrected chi connectivity index (χ3v) is 3.60. The van der Waals surface area contributed by atoms with Gasteiger partial charge in [-0.3, -0.25) is 9.59 Å². The Hall–Kier alpha value is -2.95. The van der Waals surface area contributed by atoms with Gasteiger partial charge in [0.05, 0.1) is 5.39 Å². The Morgan fingerprint density at radius 1 is 1.09 bits per heavy atom. The first-order valence-electron chi connectivity index (χ1n) is 7.33. The molecule has 0 atom stereocenters. The predicted molar refractivity (Wildman–Crippen MR) is 91.0 cm³/mol. The Balaban J connectivity index is 1.99. The zero-order valence-electron chi connectivity index (χ0n) is 13.2. The number of anilines is 1. The third kappa shape index (κ3) is 2.99. The fourth-order valence-electron chi connectivity index (χ4n) is 2.62. The van der Waals surface area contributed by atoms with Gasteiger partial charge in [-0.25, -0.2) is 4.98 Å². The van der Waals surface area contributed by atoms with E-state index in [1.54, 1.807) is 12.1 Å². The molecule has 5 nitrogen and oxygen atoms in total. The Bertz CT molecular complexity index is 953. The van der Waals surface area contributed by atoms with Crippen LogP contribution in [0.15, 0.2) is 41.3 Å². The van der Waals surface area contributed by atoms with Gasteiger partial charge in [-0.2, -0.15) is 0 Å². The number of hydrogen-bond acceptors (Lipinski definition) is 3. The quantitative estimate of drug-likeness (QED) is 0.764. The molecule has 0 spiro atoms. The van der Waals surface area contributed by atoms with Crippen LogP contribution in [-0.2, 0) is 0 Å². The van der Waals surface area contributed by atoms with Crippen LogP contribution in [0.1, 0.15) is 27.2 Å². The molecule has 3 aromatic rings. The highest BCUT2D eigenvalue weighted by molar-refractivity contribution is 6.05. The van der Waals surface area contributed by atoms with E-state index in [-0.39, 0.29) is 11.0 Å². The number of pyridine rings is 2. The van der Waals surface area contributed by atoms with Crippen molar-refractivity contribution in [2.45, 2.75) is 20.8 Å². The molecule has 0 radical (unpaired) electrons. The summed E-state index contributed by atoms with van der Waals surface area (Å²) in [4.78, 5) is 32.1. The van der Waals surface area contributed by atoms with Crippen molar-refractivity contribution in [2.75, 3.05) is 5.32 Å². The maximum Gasteiger partial charge on any atom is 0.261 e. The van der Waals surface area contributed by atoms with Crippen LogP contribution < -0.4 is 10.7 Å². The van der Waals surface area contributed by atoms with Crippen molar-refractivity contribution in [1.82, 2.24) is 9.97 Å². The first-order valence-corrected chi connectivity index (χ1v) is 7.33. The van der Waals surface area contributed by atoms with Crippen molar-refractivity contribution in [1.29, 1.82) is 0 Å². The molecule has 2 N–H and O–H groups in total. The van der Waals surface area contributed by atoms with Gasteiger partial charge in [0.15, 0.2) is 0 Å². The lowest BCUT2D eigenvalue weighted by Crippen LogP contribution is -2.22. The second-order valence-corrected chi connectivity index (χ2v) is 5.71. The van der Waals surface area contributed by atoms with Gasteiger partial charge in [0.1, 0.15) is 11.2 Å². The number of nitrogens with zero attached hydrogens (tertiary/aromatic N) is 1. The number of nitrogens with one attached hydrogen (secondary N) is 2. The van der Waals surface area contributed by atoms with E-state index in [9.17, 15) is 9.59 Å². The molecule has 0 aliphatic rings. The third-order valence-electron chi connectivity index (χ3n) is 3.60. The average Bonchev–Trinajstić information content (AvgIpc) is 2.46. The van der Waals surface area contributed by atoms with Crippen LogP contribution in [0.25, 0.3) is 11.0 Å². The van der Waals surface area contributed by atoms with Crippen molar-refractivity contribution in [3.63, 3.8) is 0 Å². The minimum absolute atomic E-state index is 0.0716. The second kappa shape index (κ2) is 5.68. The highest BCUT2D eigenvalue weighted by atomic mass is 16.2. The maximum absolute atomic E-state index is 12.5. The standard InChI is InChI=1S/C18H17N3O2/c1-10-6-11(2)8-13(7-10)21-18(23)15-9-19-17-14(16(15)22)5-4-12(3)20-17/h4-9H,1-3H3,(H,21,23)(H,19,20,22). The van der Waals surface area contributed by atoms with E-state index in [1.165, 1.54) is 6.20 Å². The molecule has 0 saturated carbocycles. The summed E-state index contributed by atoms with van der Waals surface area (Å²) in [5.41, 5.74) is 3.81. The number of aromatic amines is 1. The molecule has 0 aliphatic heterocycles. The van der Waals surface area contributed by atoms with Gasteiger partial charge in [-0.1, -0.05) is 6.07 Å². The van der Waals surface area contributed by atoms with Crippen molar-refractivity contribution < 1.29 is 4.79 Å². The number of aromatic nitrogens is 2. The Morgan fingerprint density at radius 3 is 2.48 bits per heavy atom. The minimum Gasteiger partial charge on any atom is -0.345 e. The summed E-state index contributed by atoms with van der Waals surface area (Å²) in [7, 11) is 0. The van der Waals surface area contributed by atoms with Gasteiger partial charge in [-0.15, -0.1) is 0 Å². The molecular formula is C18H17N3O2. The molecule has 23 heavy (non-hydrogen) atoms. The van der Waals surface area contributed by atoms with E-state index in [4.69, 9.17) is 0 Å². The molecule has 0 bridgehead atoms. The van der Waals surface area contributed by atoms with Crippen molar-refractivity contribution in [3.05, 3.63) is 69.1 Å². The first-order chi connectivity index (χ1) is 10.9. The summed E-state index contributed by atoms with van der Waals surface area (Å²) < 4.78 is 0. The Labute approximate surface area is 133 Å².